The number of hydrogen-bond donors (Lipinski definition) is 0. The minimum Gasteiger partial charge on any atom is -0.182 e. The first-order chi connectivity index (χ1) is 13.7. The number of hydrogen-bond acceptors (Lipinski definition) is 0. The average Bonchev–Trinajstić information content (AvgIpc) is 3.30. The third-order valence-corrected chi connectivity index (χ3v) is 5.62. The monoisotopic (exact) mass is 476 g/mol. The number of fused-ring (bicyclic) bond motifs is 6. The largest absolute Gasteiger partial charge is 2.00 e. The fourth-order valence-corrected chi connectivity index (χ4v) is 4.31. The number of rotatable bonds is 0. The maximum absolute atomic E-state index is 3.46. The molecule has 142 valence electrons. The molecule has 2 aliphatic rings. The van der Waals surface area contributed by atoms with Crippen molar-refractivity contribution < 1.29 is 26.2 Å². The van der Waals surface area contributed by atoms with Gasteiger partial charge in [0.15, 0.2) is 0 Å². The van der Waals surface area contributed by atoms with Crippen LogP contribution in [0.15, 0.2) is 83.9 Å². The summed E-state index contributed by atoms with van der Waals surface area (Å²) < 4.78 is 0. The summed E-state index contributed by atoms with van der Waals surface area (Å²) in [4.78, 5) is 0. The normalized spacial score (nSPS) is 13.3. The van der Waals surface area contributed by atoms with E-state index in [0.717, 1.165) is 12.8 Å². The van der Waals surface area contributed by atoms with Crippen molar-refractivity contribution in [3.63, 3.8) is 0 Å². The van der Waals surface area contributed by atoms with Crippen LogP contribution in [0.3, 0.4) is 0 Å². The van der Waals surface area contributed by atoms with Crippen LogP contribution in [0.1, 0.15) is 36.1 Å². The maximum Gasteiger partial charge on any atom is 2.00 e. The van der Waals surface area contributed by atoms with E-state index in [2.05, 4.69) is 98.8 Å². The van der Waals surface area contributed by atoms with Crippen LogP contribution < -0.4 is 0 Å². The van der Waals surface area contributed by atoms with E-state index in [1.165, 1.54) is 54.9 Å². The zero-order valence-corrected chi connectivity index (χ0v) is 20.8. The third-order valence-electron chi connectivity index (χ3n) is 5.62. The molecule has 0 spiro atoms. The molecule has 0 saturated carbocycles. The second-order valence-electron chi connectivity index (χ2n) is 7.81. The van der Waals surface area contributed by atoms with E-state index in [1.807, 2.05) is 0 Å². The van der Waals surface area contributed by atoms with Crippen LogP contribution >= 0.6 is 0 Å². The molecular weight excluding hydrogens is 456 g/mol. The summed E-state index contributed by atoms with van der Waals surface area (Å²) in [6.45, 7) is 4.30. The van der Waals surface area contributed by atoms with Gasteiger partial charge in [-0.2, -0.15) is 23.3 Å². The van der Waals surface area contributed by atoms with E-state index in [0.29, 0.717) is 0 Å². The number of allylic oxidation sites excluding steroid dienone is 2. The Hall–Kier alpha value is -2.02. The van der Waals surface area contributed by atoms with Gasteiger partial charge in [0.25, 0.3) is 0 Å². The molecule has 0 saturated heterocycles. The van der Waals surface area contributed by atoms with Gasteiger partial charge in [-0.15, -0.1) is 57.3 Å². The molecule has 2 aliphatic carbocycles. The maximum atomic E-state index is 3.46. The van der Waals surface area contributed by atoms with Crippen molar-refractivity contribution in [1.82, 2.24) is 0 Å². The van der Waals surface area contributed by atoms with Crippen molar-refractivity contribution in [2.45, 2.75) is 26.7 Å². The average molecular weight is 478 g/mol. The van der Waals surface area contributed by atoms with Crippen molar-refractivity contribution in [1.29, 1.82) is 0 Å². The van der Waals surface area contributed by atoms with Crippen LogP contribution in [0.5, 0.6) is 0 Å². The Labute approximate surface area is 202 Å². The van der Waals surface area contributed by atoms with Crippen LogP contribution in [0.4, 0.5) is 0 Å². The zero-order chi connectivity index (χ0) is 19.1. The van der Waals surface area contributed by atoms with Gasteiger partial charge in [0.1, 0.15) is 0 Å². The van der Waals surface area contributed by atoms with Crippen molar-refractivity contribution in [3.05, 3.63) is 118 Å². The summed E-state index contributed by atoms with van der Waals surface area (Å²) in [5.41, 5.74) is 8.14. The minimum atomic E-state index is 0. The molecule has 0 unspecified atom stereocenters. The minimum absolute atomic E-state index is 0. The van der Waals surface area contributed by atoms with Crippen LogP contribution in [0, 0.1) is 12.2 Å². The fourth-order valence-electron chi connectivity index (χ4n) is 4.31. The van der Waals surface area contributed by atoms with E-state index >= 15 is 0 Å². The summed E-state index contributed by atoms with van der Waals surface area (Å²) in [7, 11) is 0. The molecule has 4 radical (unpaired) electrons. The fraction of sp³-hybridized carbons (Fsp3) is 0.143. The van der Waals surface area contributed by atoms with Gasteiger partial charge in [0, 0.05) is 11.0 Å². The van der Waals surface area contributed by atoms with E-state index < -0.39 is 0 Å². The molecule has 0 atom stereocenters. The molecule has 4 aromatic rings. The summed E-state index contributed by atoms with van der Waals surface area (Å²) in [6.07, 6.45) is 9.05. The molecule has 6 rings (SSSR count). The van der Waals surface area contributed by atoms with E-state index in [9.17, 15) is 0 Å². The summed E-state index contributed by atoms with van der Waals surface area (Å²) >= 11 is 0. The van der Waals surface area contributed by atoms with Gasteiger partial charge in [0.05, 0.1) is 0 Å². The van der Waals surface area contributed by atoms with Crippen LogP contribution in [0.2, 0.25) is 0 Å². The standard InChI is InChI=1S/2C14H11.Si.Zr/c2*1-10-8-12-7-6-11-4-2-3-5-13(11)14(12)9-10;;/h2*2-7H,8H2,1H3;;/q2*-1;;+2. The molecule has 30 heavy (non-hydrogen) atoms. The first-order valence-corrected chi connectivity index (χ1v) is 9.89. The van der Waals surface area contributed by atoms with Gasteiger partial charge in [-0.25, -0.2) is 0 Å². The second kappa shape index (κ2) is 9.41. The molecule has 0 aliphatic heterocycles. The topological polar surface area (TPSA) is 0 Å². The summed E-state index contributed by atoms with van der Waals surface area (Å²) in [5, 5.41) is 5.30. The van der Waals surface area contributed by atoms with E-state index in [1.54, 1.807) is 0 Å². The molecule has 0 nitrogen and oxygen atoms in total. The summed E-state index contributed by atoms with van der Waals surface area (Å²) in [6, 6.07) is 25.9. The molecule has 0 aromatic heterocycles. The van der Waals surface area contributed by atoms with Gasteiger partial charge in [-0.1, -0.05) is 86.0 Å². The quantitative estimate of drug-likeness (QED) is 0.198. The van der Waals surface area contributed by atoms with Crippen molar-refractivity contribution in [3.8, 4) is 0 Å². The Bertz CT molecular complexity index is 1180. The smallest absolute Gasteiger partial charge is 0.182 e. The van der Waals surface area contributed by atoms with Crippen molar-refractivity contribution in [2.24, 2.45) is 0 Å². The SMILES string of the molecule is CC1=[C-]c2c(ccc3ccccc23)C1.CC1=[C-]c2c(ccc3ccccc23)C1.[Si].[Zr+2]. The number of benzene rings is 4. The second-order valence-corrected chi connectivity index (χ2v) is 7.81. The Morgan fingerprint density at radius 1 is 0.567 bits per heavy atom. The molecule has 0 fully saturated rings. The first-order valence-electron chi connectivity index (χ1n) is 9.89. The van der Waals surface area contributed by atoms with Crippen LogP contribution in [0.25, 0.3) is 21.5 Å². The van der Waals surface area contributed by atoms with E-state index in [-0.39, 0.29) is 37.2 Å². The molecule has 0 heterocycles. The zero-order valence-electron chi connectivity index (χ0n) is 17.3. The molecule has 0 bridgehead atoms. The van der Waals surface area contributed by atoms with Crippen molar-refractivity contribution >= 4 is 32.5 Å². The third kappa shape index (κ3) is 4.22. The summed E-state index contributed by atoms with van der Waals surface area (Å²) in [5.74, 6) is 0. The van der Waals surface area contributed by atoms with Crippen LogP contribution in [-0.4, -0.2) is 11.0 Å². The molecule has 2 heteroatoms. The first kappa shape index (κ1) is 22.7. The van der Waals surface area contributed by atoms with Gasteiger partial charge in [-0.3, -0.25) is 0 Å². The Kier molecular flexibility index (Phi) is 7.11. The van der Waals surface area contributed by atoms with E-state index in [4.69, 9.17) is 0 Å². The van der Waals surface area contributed by atoms with Crippen molar-refractivity contribution in [2.75, 3.05) is 0 Å². The van der Waals surface area contributed by atoms with Gasteiger partial charge in [0.2, 0.25) is 0 Å². The molecular formula is C28H22SiZr. The molecule has 0 N–H and O–H groups in total. The molecule has 0 amide bonds. The predicted molar refractivity (Wildman–Crippen MR) is 124 cm³/mol. The van der Waals surface area contributed by atoms with Gasteiger partial charge >= 0.3 is 26.2 Å². The Morgan fingerprint density at radius 3 is 1.40 bits per heavy atom. The van der Waals surface area contributed by atoms with Crippen LogP contribution in [-0.2, 0) is 39.0 Å². The Morgan fingerprint density at radius 2 is 0.967 bits per heavy atom. The van der Waals surface area contributed by atoms with Gasteiger partial charge < -0.3 is 0 Å². The molecule has 4 aromatic carbocycles. The Balaban J connectivity index is 0.000000160. The van der Waals surface area contributed by atoms with Gasteiger partial charge in [-0.05, 0) is 0 Å². The predicted octanol–water partition coefficient (Wildman–Crippen LogP) is 6.60.